The fourth-order valence-electron chi connectivity index (χ4n) is 1.32. The molecule has 1 aromatic heterocycles. The summed E-state index contributed by atoms with van der Waals surface area (Å²) in [6.45, 7) is 9.41. The van der Waals surface area contributed by atoms with Crippen molar-refractivity contribution in [3.05, 3.63) is 0 Å². The third kappa shape index (κ3) is 6.02. The van der Waals surface area contributed by atoms with Crippen LogP contribution >= 0.6 is 11.8 Å². The first-order valence-electron chi connectivity index (χ1n) is 6.33. The molecule has 0 amide bonds. The molecule has 1 aromatic rings. The van der Waals surface area contributed by atoms with Crippen molar-refractivity contribution in [3.63, 3.8) is 0 Å². The summed E-state index contributed by atoms with van der Waals surface area (Å²) in [4.78, 5) is 0. The lowest BCUT2D eigenvalue weighted by atomic mass is 10.2. The van der Waals surface area contributed by atoms with Crippen molar-refractivity contribution in [1.29, 1.82) is 0 Å². The first kappa shape index (κ1) is 14.4. The van der Waals surface area contributed by atoms with Gasteiger partial charge in [0.15, 0.2) is 0 Å². The SMILES string of the molecule is CCCCSc1nnnn1CCNCC(C)C. The number of tetrazole rings is 1. The van der Waals surface area contributed by atoms with Gasteiger partial charge in [0.25, 0.3) is 0 Å². The summed E-state index contributed by atoms with van der Waals surface area (Å²) in [5.74, 6) is 1.78. The predicted molar refractivity (Wildman–Crippen MR) is 71.2 cm³/mol. The average Bonchev–Trinajstić information content (AvgIpc) is 2.72. The molecule has 0 aliphatic rings. The van der Waals surface area contributed by atoms with Crippen LogP contribution in [0.1, 0.15) is 33.6 Å². The van der Waals surface area contributed by atoms with E-state index in [0.29, 0.717) is 5.92 Å². The zero-order valence-electron chi connectivity index (χ0n) is 11.0. The highest BCUT2D eigenvalue weighted by molar-refractivity contribution is 7.99. The molecule has 0 aliphatic heterocycles. The zero-order chi connectivity index (χ0) is 12.5. The van der Waals surface area contributed by atoms with Gasteiger partial charge in [-0.25, -0.2) is 4.68 Å². The molecule has 0 fully saturated rings. The van der Waals surface area contributed by atoms with Crippen LogP contribution in [0.2, 0.25) is 0 Å². The van der Waals surface area contributed by atoms with E-state index in [1.54, 1.807) is 11.8 Å². The van der Waals surface area contributed by atoms with Gasteiger partial charge in [-0.1, -0.05) is 39.0 Å². The van der Waals surface area contributed by atoms with Gasteiger partial charge in [0.05, 0.1) is 6.54 Å². The van der Waals surface area contributed by atoms with E-state index in [1.165, 1.54) is 12.8 Å². The van der Waals surface area contributed by atoms with Gasteiger partial charge in [-0.15, -0.1) is 5.10 Å². The van der Waals surface area contributed by atoms with Crippen LogP contribution in [0.3, 0.4) is 0 Å². The van der Waals surface area contributed by atoms with Crippen LogP contribution in [-0.4, -0.2) is 39.0 Å². The lowest BCUT2D eigenvalue weighted by Crippen LogP contribution is -2.24. The maximum absolute atomic E-state index is 4.04. The number of aromatic nitrogens is 4. The number of thioether (sulfide) groups is 1. The van der Waals surface area contributed by atoms with Crippen molar-refractivity contribution in [2.45, 2.75) is 45.3 Å². The zero-order valence-corrected chi connectivity index (χ0v) is 11.8. The molecule has 98 valence electrons. The highest BCUT2D eigenvalue weighted by atomic mass is 32.2. The summed E-state index contributed by atoms with van der Waals surface area (Å²) in [6.07, 6.45) is 2.42. The largest absolute Gasteiger partial charge is 0.315 e. The number of hydrogen-bond donors (Lipinski definition) is 1. The van der Waals surface area contributed by atoms with Gasteiger partial charge in [-0.3, -0.25) is 0 Å². The Labute approximate surface area is 108 Å². The van der Waals surface area contributed by atoms with Crippen LogP contribution in [-0.2, 0) is 6.54 Å². The number of nitrogens with zero attached hydrogens (tertiary/aromatic N) is 4. The Bertz CT molecular complexity index is 300. The molecule has 0 saturated carbocycles. The van der Waals surface area contributed by atoms with E-state index in [9.17, 15) is 0 Å². The number of rotatable bonds is 9. The summed E-state index contributed by atoms with van der Waals surface area (Å²) in [5, 5.41) is 16.1. The molecular formula is C11H23N5S. The van der Waals surface area contributed by atoms with Crippen LogP contribution in [0, 0.1) is 5.92 Å². The Balaban J connectivity index is 2.25. The quantitative estimate of drug-likeness (QED) is 0.540. The normalized spacial score (nSPS) is 11.3. The highest BCUT2D eigenvalue weighted by Crippen LogP contribution is 2.14. The molecule has 0 unspecified atom stereocenters. The van der Waals surface area contributed by atoms with Crippen molar-refractivity contribution >= 4 is 11.8 Å². The monoisotopic (exact) mass is 257 g/mol. The Hall–Kier alpha value is -0.620. The highest BCUT2D eigenvalue weighted by Gasteiger charge is 2.05. The van der Waals surface area contributed by atoms with Gasteiger partial charge in [-0.05, 0) is 29.3 Å². The van der Waals surface area contributed by atoms with Gasteiger partial charge >= 0.3 is 0 Å². The molecule has 0 saturated heterocycles. The second kappa shape index (κ2) is 8.47. The third-order valence-corrected chi connectivity index (χ3v) is 3.32. The number of hydrogen-bond acceptors (Lipinski definition) is 5. The maximum atomic E-state index is 4.04. The first-order chi connectivity index (χ1) is 8.24. The second-order valence-electron chi connectivity index (χ2n) is 4.48. The van der Waals surface area contributed by atoms with Gasteiger partial charge < -0.3 is 5.32 Å². The van der Waals surface area contributed by atoms with Crippen LogP contribution in [0.15, 0.2) is 5.16 Å². The Morgan fingerprint density at radius 1 is 1.41 bits per heavy atom. The molecule has 1 N–H and O–H groups in total. The third-order valence-electron chi connectivity index (χ3n) is 2.28. The number of unbranched alkanes of at least 4 members (excludes halogenated alkanes) is 1. The van der Waals surface area contributed by atoms with Crippen LogP contribution in [0.5, 0.6) is 0 Å². The van der Waals surface area contributed by atoms with Crippen LogP contribution in [0.25, 0.3) is 0 Å². The predicted octanol–water partition coefficient (Wildman–Crippen LogP) is 1.81. The van der Waals surface area contributed by atoms with E-state index in [-0.39, 0.29) is 0 Å². The smallest absolute Gasteiger partial charge is 0.209 e. The summed E-state index contributed by atoms with van der Waals surface area (Å²) < 4.78 is 1.88. The van der Waals surface area contributed by atoms with E-state index in [1.807, 2.05) is 4.68 Å². The molecule has 0 bridgehead atoms. The molecule has 1 heterocycles. The standard InChI is InChI=1S/C11H23N5S/c1-4-5-8-17-11-13-14-15-16(11)7-6-12-9-10(2)3/h10,12H,4-9H2,1-3H3. The Morgan fingerprint density at radius 2 is 2.24 bits per heavy atom. The molecular weight excluding hydrogens is 234 g/mol. The Morgan fingerprint density at radius 3 is 2.94 bits per heavy atom. The topological polar surface area (TPSA) is 55.6 Å². The van der Waals surface area contributed by atoms with Gasteiger partial charge in [0.2, 0.25) is 5.16 Å². The molecule has 6 heteroatoms. The van der Waals surface area contributed by atoms with Crippen molar-refractivity contribution in [2.75, 3.05) is 18.8 Å². The lowest BCUT2D eigenvalue weighted by molar-refractivity contribution is 0.482. The van der Waals surface area contributed by atoms with Crippen LogP contribution < -0.4 is 5.32 Å². The molecule has 5 nitrogen and oxygen atoms in total. The fraction of sp³-hybridized carbons (Fsp3) is 0.909. The van der Waals surface area contributed by atoms with Gasteiger partial charge in [-0.2, -0.15) is 0 Å². The second-order valence-corrected chi connectivity index (χ2v) is 5.55. The molecule has 0 radical (unpaired) electrons. The summed E-state index contributed by atoms with van der Waals surface area (Å²) in [5.41, 5.74) is 0. The van der Waals surface area contributed by atoms with Gasteiger partial charge in [0, 0.05) is 12.3 Å². The van der Waals surface area contributed by atoms with Crippen molar-refractivity contribution < 1.29 is 0 Å². The van der Waals surface area contributed by atoms with E-state index >= 15 is 0 Å². The average molecular weight is 257 g/mol. The van der Waals surface area contributed by atoms with E-state index < -0.39 is 0 Å². The minimum absolute atomic E-state index is 0.683. The maximum Gasteiger partial charge on any atom is 0.209 e. The molecule has 17 heavy (non-hydrogen) atoms. The molecule has 0 aromatic carbocycles. The summed E-state index contributed by atoms with van der Waals surface area (Å²) in [7, 11) is 0. The van der Waals surface area contributed by atoms with E-state index in [0.717, 1.165) is 30.5 Å². The minimum atomic E-state index is 0.683. The first-order valence-corrected chi connectivity index (χ1v) is 7.32. The van der Waals surface area contributed by atoms with Gasteiger partial charge in [0.1, 0.15) is 0 Å². The minimum Gasteiger partial charge on any atom is -0.315 e. The molecule has 0 aliphatic carbocycles. The van der Waals surface area contributed by atoms with Crippen molar-refractivity contribution in [1.82, 2.24) is 25.5 Å². The Kier molecular flexibility index (Phi) is 7.19. The van der Waals surface area contributed by atoms with Crippen LogP contribution in [0.4, 0.5) is 0 Å². The molecule has 0 spiro atoms. The lowest BCUT2D eigenvalue weighted by Gasteiger charge is -2.07. The van der Waals surface area contributed by atoms with E-state index in [2.05, 4.69) is 41.6 Å². The summed E-state index contributed by atoms with van der Waals surface area (Å²) >= 11 is 1.74. The van der Waals surface area contributed by atoms with Crippen molar-refractivity contribution in [2.24, 2.45) is 5.92 Å². The molecule has 1 rings (SSSR count). The van der Waals surface area contributed by atoms with Crippen molar-refractivity contribution in [3.8, 4) is 0 Å². The fourth-order valence-corrected chi connectivity index (χ4v) is 2.31. The molecule has 0 atom stereocenters. The summed E-state index contributed by atoms with van der Waals surface area (Å²) in [6, 6.07) is 0. The van der Waals surface area contributed by atoms with E-state index in [4.69, 9.17) is 0 Å². The number of nitrogens with one attached hydrogen (secondary N) is 1.